The van der Waals surface area contributed by atoms with Crippen molar-refractivity contribution in [3.8, 4) is 0 Å². The van der Waals surface area contributed by atoms with Crippen LogP contribution in [0.25, 0.3) is 0 Å². The highest BCUT2D eigenvalue weighted by atomic mass is 28.3. The molecule has 0 nitrogen and oxygen atoms in total. The van der Waals surface area contributed by atoms with Crippen LogP contribution in [-0.2, 0) is 23.7 Å². The van der Waals surface area contributed by atoms with E-state index in [4.69, 9.17) is 0 Å². The minimum atomic E-state index is -2.63. The molecule has 0 radical (unpaired) electrons. The van der Waals surface area contributed by atoms with Crippen molar-refractivity contribution in [2.24, 2.45) is 17.8 Å². The minimum absolute atomic E-state index is 0.0653. The van der Waals surface area contributed by atoms with E-state index in [1.807, 2.05) is 0 Å². The molecule has 2 aliphatic carbocycles. The van der Waals surface area contributed by atoms with Crippen molar-refractivity contribution < 1.29 is 0 Å². The quantitative estimate of drug-likeness (QED) is 0.199. The van der Waals surface area contributed by atoms with Crippen LogP contribution in [-0.4, -0.2) is 8.07 Å². The topological polar surface area (TPSA) is 0 Å². The van der Waals surface area contributed by atoms with Gasteiger partial charge in [0.25, 0.3) is 0 Å². The molecule has 2 aliphatic rings. The van der Waals surface area contributed by atoms with Crippen molar-refractivity contribution in [3.63, 3.8) is 0 Å². The van der Waals surface area contributed by atoms with Crippen LogP contribution in [0.4, 0.5) is 0 Å². The van der Waals surface area contributed by atoms with E-state index in [1.165, 1.54) is 39.8 Å². The van der Waals surface area contributed by atoms with Gasteiger partial charge in [-0.25, -0.2) is 0 Å². The second kappa shape index (κ2) is 11.7. The van der Waals surface area contributed by atoms with Gasteiger partial charge in [0.2, 0.25) is 0 Å². The monoisotopic (exact) mass is 588 g/mol. The van der Waals surface area contributed by atoms with Crippen molar-refractivity contribution in [2.45, 2.75) is 112 Å². The molecule has 3 aromatic rings. The molecule has 5 unspecified atom stereocenters. The summed E-state index contributed by atoms with van der Waals surface area (Å²) < 4.78 is 0. The maximum absolute atomic E-state index is 2.67. The Morgan fingerprint density at radius 3 is 1.63 bits per heavy atom. The highest BCUT2D eigenvalue weighted by Crippen LogP contribution is 2.53. The zero-order chi connectivity index (χ0) is 31.3. The summed E-state index contributed by atoms with van der Waals surface area (Å²) in [6.45, 7) is 26.3. The van der Waals surface area contributed by atoms with Crippen molar-refractivity contribution in [3.05, 3.63) is 112 Å². The Labute approximate surface area is 264 Å². The van der Waals surface area contributed by atoms with Crippen molar-refractivity contribution in [1.29, 1.82) is 0 Å². The first kappa shape index (κ1) is 31.8. The van der Waals surface area contributed by atoms with E-state index in [-0.39, 0.29) is 10.8 Å². The van der Waals surface area contributed by atoms with Crippen LogP contribution in [0.3, 0.4) is 0 Å². The van der Waals surface area contributed by atoms with Gasteiger partial charge in [-0.15, -0.1) is 0 Å². The first-order valence-electron chi connectivity index (χ1n) is 16.9. The normalized spacial score (nSPS) is 23.3. The third-order valence-corrected chi connectivity index (χ3v) is 16.1. The largest absolute Gasteiger partial charge is 0.152 e. The van der Waals surface area contributed by atoms with E-state index in [0.717, 1.165) is 12.8 Å². The average molecular weight is 589 g/mol. The first-order valence-corrected chi connectivity index (χ1v) is 19.0. The molecule has 1 saturated carbocycles. The molecule has 0 heterocycles. The lowest BCUT2D eigenvalue weighted by molar-refractivity contribution is 0.546. The third-order valence-electron chi connectivity index (χ3n) is 10.6. The first-order chi connectivity index (χ1) is 20.2. The van der Waals surface area contributed by atoms with Gasteiger partial charge in [0.05, 0.1) is 0 Å². The summed E-state index contributed by atoms with van der Waals surface area (Å²) in [7, 11) is -2.63. The molecule has 1 fully saturated rings. The highest BCUT2D eigenvalue weighted by Gasteiger charge is 2.56. The number of aryl methyl sites for hydroxylation is 4. The molecular weight excluding hydrogens is 533 g/mol. The van der Waals surface area contributed by atoms with E-state index in [0.29, 0.717) is 23.3 Å². The molecule has 228 valence electrons. The number of benzene rings is 3. The number of hydrogen-bond acceptors (Lipinski definition) is 0. The molecular formula is C42H56Si. The van der Waals surface area contributed by atoms with Gasteiger partial charge in [0.15, 0.2) is 8.07 Å². The number of rotatable bonds is 6. The molecule has 0 aliphatic heterocycles. The molecule has 0 spiro atoms. The number of hydrogen-bond donors (Lipinski definition) is 0. The molecule has 0 N–H and O–H groups in total. The Morgan fingerprint density at radius 1 is 0.628 bits per heavy atom. The molecule has 0 aromatic heterocycles. The second-order valence-corrected chi connectivity index (χ2v) is 20.0. The van der Waals surface area contributed by atoms with Crippen molar-refractivity contribution in [2.75, 3.05) is 0 Å². The van der Waals surface area contributed by atoms with Crippen LogP contribution >= 0.6 is 0 Å². The van der Waals surface area contributed by atoms with Gasteiger partial charge in [-0.05, 0) is 105 Å². The predicted molar refractivity (Wildman–Crippen MR) is 192 cm³/mol. The van der Waals surface area contributed by atoms with Gasteiger partial charge >= 0.3 is 0 Å². The van der Waals surface area contributed by atoms with Gasteiger partial charge in [-0.3, -0.25) is 0 Å². The lowest BCUT2D eigenvalue weighted by atomic mass is 9.81. The summed E-state index contributed by atoms with van der Waals surface area (Å²) in [5.41, 5.74) is 9.39. The molecule has 5 rings (SSSR count). The van der Waals surface area contributed by atoms with Gasteiger partial charge in [0.1, 0.15) is 0 Å². The molecule has 0 bridgehead atoms. The SMILES string of the molecule is CCc1cc(CC)cc([Si](c2cc(C)cc(C)c2)(c2cc(C(C)(C)C)cc(C(C)(C)C)c2)C2C(C)CC3C=CC=CC32)c1. The minimum Gasteiger partial charge on any atom is -0.0808 e. The van der Waals surface area contributed by atoms with E-state index in [1.54, 1.807) is 15.6 Å². The van der Waals surface area contributed by atoms with Gasteiger partial charge in [-0.2, -0.15) is 0 Å². The maximum Gasteiger partial charge on any atom is 0.152 e. The Hall–Kier alpha value is -2.64. The summed E-state index contributed by atoms with van der Waals surface area (Å²) in [5.74, 6) is 1.80. The van der Waals surface area contributed by atoms with E-state index in [2.05, 4.69) is 155 Å². The van der Waals surface area contributed by atoms with Gasteiger partial charge in [-0.1, -0.05) is 152 Å². The van der Waals surface area contributed by atoms with E-state index >= 15 is 0 Å². The smallest absolute Gasteiger partial charge is 0.0808 e. The Kier molecular flexibility index (Phi) is 8.64. The predicted octanol–water partition coefficient (Wildman–Crippen LogP) is 9.26. The Morgan fingerprint density at radius 2 is 1.12 bits per heavy atom. The summed E-state index contributed by atoms with van der Waals surface area (Å²) in [6.07, 6.45) is 13.2. The summed E-state index contributed by atoms with van der Waals surface area (Å²) >= 11 is 0. The fourth-order valence-corrected chi connectivity index (χ4v) is 14.9. The van der Waals surface area contributed by atoms with Crippen LogP contribution in [0, 0.1) is 31.6 Å². The highest BCUT2D eigenvalue weighted by molar-refractivity contribution is 7.12. The van der Waals surface area contributed by atoms with Crippen molar-refractivity contribution in [1.82, 2.24) is 0 Å². The zero-order valence-corrected chi connectivity index (χ0v) is 29.9. The second-order valence-electron chi connectivity index (χ2n) is 16.0. The molecule has 0 amide bonds. The lowest BCUT2D eigenvalue weighted by Gasteiger charge is -2.45. The molecule has 1 heteroatoms. The Balaban J connectivity index is 2.02. The lowest BCUT2D eigenvalue weighted by Crippen LogP contribution is -2.71. The fourth-order valence-electron chi connectivity index (χ4n) is 8.36. The van der Waals surface area contributed by atoms with Crippen LogP contribution < -0.4 is 15.6 Å². The maximum atomic E-state index is 2.67. The van der Waals surface area contributed by atoms with Crippen LogP contribution in [0.15, 0.2) is 78.9 Å². The molecule has 3 aromatic carbocycles. The molecule has 5 atom stereocenters. The zero-order valence-electron chi connectivity index (χ0n) is 28.9. The van der Waals surface area contributed by atoms with E-state index < -0.39 is 8.07 Å². The number of fused-ring (bicyclic) bond motifs is 1. The number of allylic oxidation sites excluding steroid dienone is 4. The standard InChI is InChI=1S/C42H56Si/c1-12-31-22-32(13-2)24-37(23-31)43(36-19-28(3)18-29(4)20-36,40-30(5)21-33-16-14-15-17-39(33)40)38-26-34(41(6,7)8)25-35(27-38)42(9,10)11/h14-20,22-27,30,33,39-40H,12-13,21H2,1-11H3. The molecule has 0 saturated heterocycles. The summed E-state index contributed by atoms with van der Waals surface area (Å²) in [6, 6.07) is 23.2. The van der Waals surface area contributed by atoms with E-state index in [9.17, 15) is 0 Å². The summed E-state index contributed by atoms with van der Waals surface area (Å²) in [5, 5.41) is 4.84. The fraction of sp³-hybridized carbons (Fsp3) is 0.476. The van der Waals surface area contributed by atoms with Gasteiger partial charge in [0, 0.05) is 0 Å². The van der Waals surface area contributed by atoms with Crippen LogP contribution in [0.1, 0.15) is 102 Å². The van der Waals surface area contributed by atoms with Gasteiger partial charge < -0.3 is 0 Å². The third kappa shape index (κ3) is 5.92. The van der Waals surface area contributed by atoms with Crippen LogP contribution in [0.2, 0.25) is 5.54 Å². The summed E-state index contributed by atoms with van der Waals surface area (Å²) in [4.78, 5) is 0. The van der Waals surface area contributed by atoms with Crippen LogP contribution in [0.5, 0.6) is 0 Å². The molecule has 43 heavy (non-hydrogen) atoms. The average Bonchev–Trinajstić information content (AvgIpc) is 3.27. The Bertz CT molecular complexity index is 1460. The van der Waals surface area contributed by atoms with Crippen molar-refractivity contribution >= 4 is 23.6 Å².